The number of carboxylic acids is 1. The molecule has 66 valence electrons. The van der Waals surface area contributed by atoms with Crippen LogP contribution in [-0.2, 0) is 4.79 Å². The lowest BCUT2D eigenvalue weighted by molar-refractivity contribution is -0.131. The summed E-state index contributed by atoms with van der Waals surface area (Å²) in [7, 11) is 0. The van der Waals surface area contributed by atoms with Gasteiger partial charge in [0.15, 0.2) is 0 Å². The van der Waals surface area contributed by atoms with Gasteiger partial charge in [0, 0.05) is 19.3 Å². The van der Waals surface area contributed by atoms with Crippen LogP contribution >= 0.6 is 0 Å². The van der Waals surface area contributed by atoms with Crippen LogP contribution in [0.5, 0.6) is 0 Å². The summed E-state index contributed by atoms with van der Waals surface area (Å²) in [6, 6.07) is 0. The van der Waals surface area contributed by atoms with Crippen molar-refractivity contribution in [2.45, 2.75) is 12.8 Å². The number of unbranched alkanes of at least 4 members (excludes halogenated alkanes) is 1. The second kappa shape index (κ2) is 11.9. The van der Waals surface area contributed by atoms with E-state index in [1.165, 1.54) is 0 Å². The normalized spacial score (nSPS) is 7.82. The SMILES string of the molecule is C=CC(=O)O.OCCCCO. The van der Waals surface area contributed by atoms with Gasteiger partial charge in [0.1, 0.15) is 0 Å². The number of carboxylic acid groups (broad SMARTS) is 1. The standard InChI is InChI=1S/C4H10O2.C3H4O2/c5-3-1-2-4-6;1-2-3(4)5/h5-6H,1-4H2;2H,1H2,(H,4,5). The highest BCUT2D eigenvalue weighted by Crippen LogP contribution is 1.80. The van der Waals surface area contributed by atoms with Crippen molar-refractivity contribution in [1.82, 2.24) is 0 Å². The molecule has 3 N–H and O–H groups in total. The molecular weight excluding hydrogens is 148 g/mol. The van der Waals surface area contributed by atoms with Gasteiger partial charge in [-0.2, -0.15) is 0 Å². The van der Waals surface area contributed by atoms with Crippen molar-refractivity contribution >= 4 is 5.97 Å². The first-order valence-electron chi connectivity index (χ1n) is 3.26. The van der Waals surface area contributed by atoms with Crippen LogP contribution < -0.4 is 0 Å². The predicted molar refractivity (Wildman–Crippen MR) is 41.2 cm³/mol. The van der Waals surface area contributed by atoms with E-state index in [0.29, 0.717) is 0 Å². The van der Waals surface area contributed by atoms with Gasteiger partial charge in [0.2, 0.25) is 0 Å². The maximum Gasteiger partial charge on any atom is 0.327 e. The Balaban J connectivity index is 0. The van der Waals surface area contributed by atoms with E-state index < -0.39 is 5.97 Å². The van der Waals surface area contributed by atoms with E-state index in [4.69, 9.17) is 15.3 Å². The largest absolute Gasteiger partial charge is 0.478 e. The van der Waals surface area contributed by atoms with Crippen LogP contribution in [0.15, 0.2) is 12.7 Å². The molecule has 0 atom stereocenters. The molecule has 0 aliphatic carbocycles. The monoisotopic (exact) mass is 162 g/mol. The molecule has 0 amide bonds. The van der Waals surface area contributed by atoms with Gasteiger partial charge in [-0.1, -0.05) is 6.58 Å². The Morgan fingerprint density at radius 3 is 1.64 bits per heavy atom. The lowest BCUT2D eigenvalue weighted by atomic mass is 10.3. The van der Waals surface area contributed by atoms with Crippen molar-refractivity contribution in [2.24, 2.45) is 0 Å². The van der Waals surface area contributed by atoms with Crippen molar-refractivity contribution in [1.29, 1.82) is 0 Å². The molecule has 0 saturated carbocycles. The Morgan fingerprint density at radius 2 is 1.55 bits per heavy atom. The second-order valence-corrected chi connectivity index (χ2v) is 1.70. The van der Waals surface area contributed by atoms with Crippen LogP contribution in [-0.4, -0.2) is 34.5 Å². The molecule has 0 bridgehead atoms. The van der Waals surface area contributed by atoms with Crippen molar-refractivity contribution in [3.8, 4) is 0 Å². The molecule has 4 heteroatoms. The van der Waals surface area contributed by atoms with Crippen LogP contribution in [0.2, 0.25) is 0 Å². The van der Waals surface area contributed by atoms with Crippen LogP contribution in [0.25, 0.3) is 0 Å². The highest BCUT2D eigenvalue weighted by atomic mass is 16.4. The first-order valence-corrected chi connectivity index (χ1v) is 3.26. The Bertz CT molecular complexity index is 96.6. The summed E-state index contributed by atoms with van der Waals surface area (Å²) in [6.07, 6.45) is 2.27. The number of hydrogen-bond donors (Lipinski definition) is 3. The van der Waals surface area contributed by atoms with E-state index in [1.54, 1.807) is 0 Å². The van der Waals surface area contributed by atoms with E-state index in [1.807, 2.05) is 0 Å². The third kappa shape index (κ3) is 27.2. The molecular formula is C7H14O4. The molecule has 0 radical (unpaired) electrons. The lowest BCUT2D eigenvalue weighted by Crippen LogP contribution is -1.85. The number of hydrogen-bond acceptors (Lipinski definition) is 3. The maximum atomic E-state index is 9.25. The highest BCUT2D eigenvalue weighted by Gasteiger charge is 1.77. The van der Waals surface area contributed by atoms with Crippen LogP contribution in [0.1, 0.15) is 12.8 Å². The number of rotatable bonds is 4. The van der Waals surface area contributed by atoms with Crippen LogP contribution in [0.4, 0.5) is 0 Å². The van der Waals surface area contributed by atoms with Gasteiger partial charge in [-0.15, -0.1) is 0 Å². The highest BCUT2D eigenvalue weighted by molar-refractivity contribution is 5.78. The fraction of sp³-hybridized carbons (Fsp3) is 0.571. The lowest BCUT2D eigenvalue weighted by Gasteiger charge is -1.85. The van der Waals surface area contributed by atoms with Crippen molar-refractivity contribution in [3.63, 3.8) is 0 Å². The minimum atomic E-state index is -0.981. The van der Waals surface area contributed by atoms with Crippen molar-refractivity contribution in [3.05, 3.63) is 12.7 Å². The molecule has 0 aromatic heterocycles. The van der Waals surface area contributed by atoms with Crippen LogP contribution in [0, 0.1) is 0 Å². The van der Waals surface area contributed by atoms with Gasteiger partial charge in [0.05, 0.1) is 0 Å². The van der Waals surface area contributed by atoms with E-state index in [2.05, 4.69) is 6.58 Å². The molecule has 0 fully saturated rings. The molecule has 0 heterocycles. The summed E-state index contributed by atoms with van der Waals surface area (Å²) in [5, 5.41) is 23.8. The summed E-state index contributed by atoms with van der Waals surface area (Å²) >= 11 is 0. The fourth-order valence-corrected chi connectivity index (χ4v) is 0.224. The van der Waals surface area contributed by atoms with E-state index >= 15 is 0 Å². The zero-order valence-electron chi connectivity index (χ0n) is 6.36. The zero-order chi connectivity index (χ0) is 9.11. The molecule has 4 nitrogen and oxygen atoms in total. The van der Waals surface area contributed by atoms with E-state index in [0.717, 1.165) is 18.9 Å². The Labute approximate surface area is 65.8 Å². The Hall–Kier alpha value is -0.870. The number of aliphatic carboxylic acids is 1. The van der Waals surface area contributed by atoms with Gasteiger partial charge in [-0.3, -0.25) is 0 Å². The number of aliphatic hydroxyl groups is 2. The molecule has 0 aliphatic rings. The minimum absolute atomic E-state index is 0.195. The molecule has 0 saturated heterocycles. The first kappa shape index (κ1) is 12.8. The maximum absolute atomic E-state index is 9.25. The average Bonchev–Trinajstić information content (AvgIpc) is 2.02. The first-order chi connectivity index (χ1) is 5.18. The molecule has 0 unspecified atom stereocenters. The smallest absolute Gasteiger partial charge is 0.327 e. The van der Waals surface area contributed by atoms with Crippen molar-refractivity contribution < 1.29 is 20.1 Å². The molecule has 0 spiro atoms. The zero-order valence-corrected chi connectivity index (χ0v) is 6.36. The third-order valence-electron chi connectivity index (χ3n) is 0.741. The summed E-state index contributed by atoms with van der Waals surface area (Å²) in [5.41, 5.74) is 0. The second-order valence-electron chi connectivity index (χ2n) is 1.70. The van der Waals surface area contributed by atoms with E-state index in [9.17, 15) is 4.79 Å². The molecule has 0 aromatic rings. The van der Waals surface area contributed by atoms with Gasteiger partial charge < -0.3 is 15.3 Å². The molecule has 0 rings (SSSR count). The summed E-state index contributed by atoms with van der Waals surface area (Å²) < 4.78 is 0. The average molecular weight is 162 g/mol. The Kier molecular flexibility index (Phi) is 13.8. The topological polar surface area (TPSA) is 77.8 Å². The van der Waals surface area contributed by atoms with Gasteiger partial charge >= 0.3 is 5.97 Å². The minimum Gasteiger partial charge on any atom is -0.478 e. The summed E-state index contributed by atoms with van der Waals surface area (Å²) in [4.78, 5) is 9.25. The van der Waals surface area contributed by atoms with Gasteiger partial charge in [-0.25, -0.2) is 4.79 Å². The number of carbonyl (C=O) groups is 1. The third-order valence-corrected chi connectivity index (χ3v) is 0.741. The molecule has 0 aliphatic heterocycles. The summed E-state index contributed by atoms with van der Waals surface area (Å²) in [5.74, 6) is -0.981. The predicted octanol–water partition coefficient (Wildman–Crippen LogP) is 0.00820. The van der Waals surface area contributed by atoms with E-state index in [-0.39, 0.29) is 13.2 Å². The molecule has 11 heavy (non-hydrogen) atoms. The fourth-order valence-electron chi connectivity index (χ4n) is 0.224. The Morgan fingerprint density at radius 1 is 1.27 bits per heavy atom. The van der Waals surface area contributed by atoms with Gasteiger partial charge in [-0.05, 0) is 12.8 Å². The van der Waals surface area contributed by atoms with Crippen molar-refractivity contribution in [2.75, 3.05) is 13.2 Å². The van der Waals surface area contributed by atoms with Crippen LogP contribution in [0.3, 0.4) is 0 Å². The number of aliphatic hydroxyl groups excluding tert-OH is 2. The quantitative estimate of drug-likeness (QED) is 0.402. The summed E-state index contributed by atoms with van der Waals surface area (Å²) in [6.45, 7) is 3.35. The molecule has 0 aromatic carbocycles. The van der Waals surface area contributed by atoms with Gasteiger partial charge in [0.25, 0.3) is 0 Å².